The maximum Gasteiger partial charge on any atom is 0.240 e. The molecule has 4 rings (SSSR count). The molecular formula is C37H40N4O4. The molecule has 0 aromatic heterocycles. The van der Waals surface area contributed by atoms with E-state index in [1.165, 1.54) is 0 Å². The SMILES string of the molecule is O=C(CCCCCCCC(=O)N/N=C\c1ccccc1OCc1ccccc1)N/N=C\c1ccccc1OCc1ccccc1. The van der Waals surface area contributed by atoms with Gasteiger partial charge in [0.15, 0.2) is 0 Å². The van der Waals surface area contributed by atoms with Crippen LogP contribution in [0.3, 0.4) is 0 Å². The predicted molar refractivity (Wildman–Crippen MR) is 178 cm³/mol. The number of benzene rings is 4. The summed E-state index contributed by atoms with van der Waals surface area (Å²) in [6, 6.07) is 35.1. The van der Waals surface area contributed by atoms with E-state index in [1.54, 1.807) is 12.4 Å². The van der Waals surface area contributed by atoms with Gasteiger partial charge in [0, 0.05) is 24.0 Å². The van der Waals surface area contributed by atoms with E-state index in [4.69, 9.17) is 9.47 Å². The van der Waals surface area contributed by atoms with Gasteiger partial charge in [-0.05, 0) is 48.2 Å². The zero-order chi connectivity index (χ0) is 31.4. The van der Waals surface area contributed by atoms with E-state index < -0.39 is 0 Å². The van der Waals surface area contributed by atoms with Crippen LogP contribution < -0.4 is 20.3 Å². The number of nitrogens with zero attached hydrogens (tertiary/aromatic N) is 2. The van der Waals surface area contributed by atoms with Crippen LogP contribution in [0, 0.1) is 0 Å². The maximum absolute atomic E-state index is 12.2. The first-order valence-electron chi connectivity index (χ1n) is 15.3. The third kappa shape index (κ3) is 12.5. The van der Waals surface area contributed by atoms with Crippen molar-refractivity contribution in [3.05, 3.63) is 131 Å². The van der Waals surface area contributed by atoms with Crippen LogP contribution >= 0.6 is 0 Å². The fraction of sp³-hybridized carbons (Fsp3) is 0.243. The predicted octanol–water partition coefficient (Wildman–Crippen LogP) is 7.18. The highest BCUT2D eigenvalue weighted by atomic mass is 16.5. The van der Waals surface area contributed by atoms with Crippen LogP contribution in [0.1, 0.15) is 67.2 Å². The van der Waals surface area contributed by atoms with Gasteiger partial charge in [-0.3, -0.25) is 9.59 Å². The number of rotatable bonds is 18. The van der Waals surface area contributed by atoms with E-state index in [9.17, 15) is 9.59 Å². The minimum Gasteiger partial charge on any atom is -0.488 e. The Kier molecular flexibility index (Phi) is 13.9. The molecule has 0 heterocycles. The lowest BCUT2D eigenvalue weighted by Gasteiger charge is -2.09. The molecule has 4 aromatic carbocycles. The number of amides is 2. The van der Waals surface area contributed by atoms with Crippen molar-refractivity contribution in [2.45, 2.75) is 58.2 Å². The molecule has 4 aromatic rings. The molecule has 45 heavy (non-hydrogen) atoms. The molecule has 0 saturated heterocycles. The molecule has 2 amide bonds. The molecule has 232 valence electrons. The van der Waals surface area contributed by atoms with E-state index in [0.717, 1.165) is 54.4 Å². The normalized spacial score (nSPS) is 11.0. The number of para-hydroxylation sites is 2. The molecule has 0 bridgehead atoms. The maximum atomic E-state index is 12.2. The van der Waals surface area contributed by atoms with Gasteiger partial charge in [-0.15, -0.1) is 0 Å². The summed E-state index contributed by atoms with van der Waals surface area (Å²) in [5, 5.41) is 8.22. The smallest absolute Gasteiger partial charge is 0.240 e. The second kappa shape index (κ2) is 19.1. The monoisotopic (exact) mass is 604 g/mol. The van der Waals surface area contributed by atoms with Crippen molar-refractivity contribution in [1.29, 1.82) is 0 Å². The molecule has 0 aliphatic heterocycles. The molecule has 8 nitrogen and oxygen atoms in total. The Hall–Kier alpha value is -5.24. The van der Waals surface area contributed by atoms with E-state index >= 15 is 0 Å². The van der Waals surface area contributed by atoms with Gasteiger partial charge in [0.1, 0.15) is 24.7 Å². The molecular weight excluding hydrogens is 564 g/mol. The fourth-order valence-electron chi connectivity index (χ4n) is 4.47. The van der Waals surface area contributed by atoms with Crippen LogP contribution in [0.15, 0.2) is 119 Å². The quantitative estimate of drug-likeness (QED) is 0.0714. The van der Waals surface area contributed by atoms with Gasteiger partial charge in [0.25, 0.3) is 0 Å². The van der Waals surface area contributed by atoms with Crippen LogP contribution in [-0.4, -0.2) is 24.2 Å². The number of unbranched alkanes of at least 4 members (excludes halogenated alkanes) is 4. The van der Waals surface area contributed by atoms with E-state index in [1.807, 2.05) is 109 Å². The molecule has 0 aliphatic carbocycles. The number of hydrogen-bond donors (Lipinski definition) is 2. The third-order valence-electron chi connectivity index (χ3n) is 6.91. The number of hydrazone groups is 2. The van der Waals surface area contributed by atoms with Gasteiger partial charge >= 0.3 is 0 Å². The Morgan fingerprint density at radius 2 is 0.889 bits per heavy atom. The molecule has 0 aliphatic rings. The largest absolute Gasteiger partial charge is 0.488 e. The van der Waals surface area contributed by atoms with Gasteiger partial charge in [0.2, 0.25) is 11.8 Å². The molecule has 0 atom stereocenters. The highest BCUT2D eigenvalue weighted by Crippen LogP contribution is 2.19. The zero-order valence-electron chi connectivity index (χ0n) is 25.4. The van der Waals surface area contributed by atoms with E-state index in [2.05, 4.69) is 21.1 Å². The topological polar surface area (TPSA) is 101 Å². The van der Waals surface area contributed by atoms with Crippen molar-refractivity contribution in [3.8, 4) is 11.5 Å². The van der Waals surface area contributed by atoms with Gasteiger partial charge < -0.3 is 9.47 Å². The number of ether oxygens (including phenoxy) is 2. The fourth-order valence-corrected chi connectivity index (χ4v) is 4.47. The van der Waals surface area contributed by atoms with Gasteiger partial charge in [-0.25, -0.2) is 10.9 Å². The summed E-state index contributed by atoms with van der Waals surface area (Å²) in [6.45, 7) is 0.912. The summed E-state index contributed by atoms with van der Waals surface area (Å²) in [5.41, 5.74) is 8.94. The first-order chi connectivity index (χ1) is 22.2. The van der Waals surface area contributed by atoms with Crippen molar-refractivity contribution in [3.63, 3.8) is 0 Å². The van der Waals surface area contributed by atoms with Crippen LogP contribution in [0.4, 0.5) is 0 Å². The van der Waals surface area contributed by atoms with E-state index in [-0.39, 0.29) is 11.8 Å². The Morgan fingerprint density at radius 3 is 1.33 bits per heavy atom. The van der Waals surface area contributed by atoms with Crippen molar-refractivity contribution in [2.75, 3.05) is 0 Å². The Labute approximate surface area is 265 Å². The molecule has 0 saturated carbocycles. The van der Waals surface area contributed by atoms with Gasteiger partial charge in [-0.2, -0.15) is 10.2 Å². The van der Waals surface area contributed by atoms with Crippen LogP contribution in [-0.2, 0) is 22.8 Å². The average molecular weight is 605 g/mol. The Bertz CT molecular complexity index is 1410. The third-order valence-corrected chi connectivity index (χ3v) is 6.91. The van der Waals surface area contributed by atoms with Gasteiger partial charge in [-0.1, -0.05) is 104 Å². The minimum atomic E-state index is -0.127. The first-order valence-corrected chi connectivity index (χ1v) is 15.3. The number of carbonyl (C=O) groups excluding carboxylic acids is 2. The van der Waals surface area contributed by atoms with E-state index in [0.29, 0.717) is 37.6 Å². The lowest BCUT2D eigenvalue weighted by atomic mass is 10.1. The van der Waals surface area contributed by atoms with Crippen molar-refractivity contribution in [2.24, 2.45) is 10.2 Å². The van der Waals surface area contributed by atoms with Crippen LogP contribution in [0.5, 0.6) is 11.5 Å². The number of hydrogen-bond acceptors (Lipinski definition) is 6. The number of nitrogens with one attached hydrogen (secondary N) is 2. The molecule has 0 unspecified atom stereocenters. The second-order valence-corrected chi connectivity index (χ2v) is 10.5. The highest BCUT2D eigenvalue weighted by Gasteiger charge is 2.05. The highest BCUT2D eigenvalue weighted by molar-refractivity contribution is 5.86. The Balaban J connectivity index is 1.05. The zero-order valence-corrected chi connectivity index (χ0v) is 25.4. The summed E-state index contributed by atoms with van der Waals surface area (Å²) in [4.78, 5) is 24.4. The van der Waals surface area contributed by atoms with Crippen molar-refractivity contribution in [1.82, 2.24) is 10.9 Å². The minimum absolute atomic E-state index is 0.127. The molecule has 0 fully saturated rings. The summed E-state index contributed by atoms with van der Waals surface area (Å²) in [7, 11) is 0. The lowest BCUT2D eigenvalue weighted by Crippen LogP contribution is -2.17. The summed E-state index contributed by atoms with van der Waals surface area (Å²) >= 11 is 0. The average Bonchev–Trinajstić information content (AvgIpc) is 3.08. The number of carbonyl (C=O) groups is 2. The summed E-state index contributed by atoms with van der Waals surface area (Å²) in [5.74, 6) is 1.15. The second-order valence-electron chi connectivity index (χ2n) is 10.5. The van der Waals surface area contributed by atoms with Crippen LogP contribution in [0.2, 0.25) is 0 Å². The van der Waals surface area contributed by atoms with Crippen molar-refractivity contribution >= 4 is 24.2 Å². The van der Waals surface area contributed by atoms with Crippen molar-refractivity contribution < 1.29 is 19.1 Å². The standard InChI is InChI=1S/C37H40N4O4/c42-36(40-38-26-32-20-12-14-22-34(32)44-28-30-16-6-4-7-17-30)24-10-2-1-3-11-25-37(43)41-39-27-33-21-13-15-23-35(33)45-29-31-18-8-5-9-19-31/h4-9,12-23,26-27H,1-3,10-11,24-25,28-29H2,(H,40,42)(H,41,43)/b38-26-,39-27-. The molecule has 2 N–H and O–H groups in total. The molecule has 8 heteroatoms. The van der Waals surface area contributed by atoms with Crippen LogP contribution in [0.25, 0.3) is 0 Å². The summed E-state index contributed by atoms with van der Waals surface area (Å²) < 4.78 is 11.9. The van der Waals surface area contributed by atoms with Gasteiger partial charge in [0.05, 0.1) is 12.4 Å². The molecule has 0 spiro atoms. The molecule has 0 radical (unpaired) electrons. The Morgan fingerprint density at radius 1 is 0.511 bits per heavy atom. The summed E-state index contributed by atoms with van der Waals surface area (Å²) in [6.07, 6.45) is 8.30. The first kappa shape index (κ1) is 32.7. The lowest BCUT2D eigenvalue weighted by molar-refractivity contribution is -0.121.